The van der Waals surface area contributed by atoms with Gasteiger partial charge in [0.05, 0.1) is 36.8 Å². The molecule has 0 saturated carbocycles. The molecule has 2 aliphatic rings. The normalized spacial score (nSPS) is 24.1. The number of aromatic nitrogens is 4. The Morgan fingerprint density at radius 1 is 1.43 bits per heavy atom. The van der Waals surface area contributed by atoms with E-state index >= 15 is 0 Å². The van der Waals surface area contributed by atoms with Crippen molar-refractivity contribution in [2.45, 2.75) is 18.9 Å². The van der Waals surface area contributed by atoms with Crippen molar-refractivity contribution in [3.8, 4) is 0 Å². The summed E-state index contributed by atoms with van der Waals surface area (Å²) in [5.74, 6) is 0.660. The molecule has 3 atom stereocenters. The van der Waals surface area contributed by atoms with Gasteiger partial charge in [-0.25, -0.2) is 0 Å². The number of carbonyl (C=O) groups excluding carboxylic acids is 1. The van der Waals surface area contributed by atoms with Gasteiger partial charge in [-0.3, -0.25) is 14.2 Å². The molecule has 0 aliphatic carbocycles. The Bertz CT molecular complexity index is 914. The number of nitrogens with one attached hydrogen (secondary N) is 1. The molecule has 0 aromatic carbocycles. The molecule has 2 aromatic heterocycles. The molecule has 162 valence electrons. The van der Waals surface area contributed by atoms with E-state index in [1.165, 1.54) is 6.08 Å². The van der Waals surface area contributed by atoms with Crippen LogP contribution in [0.25, 0.3) is 0 Å². The van der Waals surface area contributed by atoms with E-state index in [4.69, 9.17) is 21.3 Å². The van der Waals surface area contributed by atoms with Crippen molar-refractivity contribution in [1.82, 2.24) is 28.9 Å². The van der Waals surface area contributed by atoms with Gasteiger partial charge in [-0.05, 0) is 17.9 Å². The van der Waals surface area contributed by atoms with E-state index < -0.39 is 6.23 Å². The number of amides is 1. The third kappa shape index (κ3) is 4.22. The van der Waals surface area contributed by atoms with Crippen LogP contribution in [0.1, 0.15) is 11.9 Å². The van der Waals surface area contributed by atoms with E-state index in [1.807, 2.05) is 24.0 Å². The van der Waals surface area contributed by atoms with Gasteiger partial charge in [0, 0.05) is 52.0 Å². The summed E-state index contributed by atoms with van der Waals surface area (Å²) in [5, 5.41) is 12.0. The van der Waals surface area contributed by atoms with Crippen LogP contribution in [-0.2, 0) is 27.9 Å². The van der Waals surface area contributed by atoms with Crippen LogP contribution in [0.3, 0.4) is 0 Å². The average molecular weight is 436 g/mol. The first-order valence-electron chi connectivity index (χ1n) is 9.80. The standard InChI is InChI=1S/C19H26ClN7O3/c1-4-18(28)25-9-13(16(11-25)29-3)12-30-19-15-7-17(22-14-8-21-24(2)10-14)23-27(15)6-5-26(19)20/h4,7-8,10,13,16,19H,1,5-6,9,11-12H2,2-3H3,(H,22,23)/t13-,16+,19?/m1/s1. The smallest absolute Gasteiger partial charge is 0.246 e. The Hall–Kier alpha value is -2.40. The van der Waals surface area contributed by atoms with Crippen LogP contribution >= 0.6 is 11.8 Å². The maximum atomic E-state index is 12.0. The van der Waals surface area contributed by atoms with E-state index in [2.05, 4.69) is 22.1 Å². The Morgan fingerprint density at radius 3 is 2.97 bits per heavy atom. The lowest BCUT2D eigenvalue weighted by molar-refractivity contribution is -0.125. The number of hydrogen-bond donors (Lipinski definition) is 1. The Kier molecular flexibility index (Phi) is 6.09. The zero-order chi connectivity index (χ0) is 21.3. The number of likely N-dealkylation sites (tertiary alicyclic amines) is 1. The number of anilines is 2. The van der Waals surface area contributed by atoms with E-state index in [0.717, 1.165) is 11.4 Å². The predicted molar refractivity (Wildman–Crippen MR) is 111 cm³/mol. The minimum Gasteiger partial charge on any atom is -0.379 e. The molecule has 0 spiro atoms. The van der Waals surface area contributed by atoms with Crippen molar-refractivity contribution in [2.75, 3.05) is 38.7 Å². The number of fused-ring (bicyclic) bond motifs is 1. The molecule has 10 nitrogen and oxygen atoms in total. The number of hydrogen-bond acceptors (Lipinski definition) is 7. The van der Waals surface area contributed by atoms with E-state index in [0.29, 0.717) is 38.6 Å². The number of carbonyl (C=O) groups is 1. The Morgan fingerprint density at radius 2 is 2.27 bits per heavy atom. The lowest BCUT2D eigenvalue weighted by Crippen LogP contribution is -2.35. The molecule has 4 rings (SSSR count). The number of halogens is 1. The third-order valence-corrected chi connectivity index (χ3v) is 5.81. The van der Waals surface area contributed by atoms with Crippen LogP contribution < -0.4 is 5.32 Å². The third-order valence-electron chi connectivity index (χ3n) is 5.46. The summed E-state index contributed by atoms with van der Waals surface area (Å²) in [6.45, 7) is 6.33. The summed E-state index contributed by atoms with van der Waals surface area (Å²) < 4.78 is 17.0. The number of nitrogens with zero attached hydrogens (tertiary/aromatic N) is 6. The van der Waals surface area contributed by atoms with Gasteiger partial charge < -0.3 is 19.7 Å². The van der Waals surface area contributed by atoms with Gasteiger partial charge in [-0.1, -0.05) is 6.58 Å². The molecule has 2 aliphatic heterocycles. The fraction of sp³-hybridized carbons (Fsp3) is 0.526. The number of methoxy groups -OCH3 is 1. The van der Waals surface area contributed by atoms with Crippen LogP contribution in [0.5, 0.6) is 0 Å². The first kappa shape index (κ1) is 20.9. The molecule has 1 saturated heterocycles. The van der Waals surface area contributed by atoms with Gasteiger partial charge >= 0.3 is 0 Å². The highest BCUT2D eigenvalue weighted by Crippen LogP contribution is 2.32. The summed E-state index contributed by atoms with van der Waals surface area (Å²) >= 11 is 6.46. The SMILES string of the molecule is C=CC(=O)N1C[C@H](COC2c3cc(Nc4cnn(C)c4)nn3CCN2Cl)[C@@H](OC)C1. The molecule has 1 fully saturated rings. The largest absolute Gasteiger partial charge is 0.379 e. The minimum atomic E-state index is -0.445. The minimum absolute atomic E-state index is 0.0512. The average Bonchev–Trinajstić information content (AvgIpc) is 3.45. The van der Waals surface area contributed by atoms with Crippen LogP contribution in [0.4, 0.5) is 11.5 Å². The molecule has 1 N–H and O–H groups in total. The summed E-state index contributed by atoms with van der Waals surface area (Å²) in [6, 6.07) is 1.93. The fourth-order valence-electron chi connectivity index (χ4n) is 3.91. The number of ether oxygens (including phenoxy) is 2. The van der Waals surface area contributed by atoms with Gasteiger partial charge in [0.15, 0.2) is 12.0 Å². The predicted octanol–water partition coefficient (Wildman–Crippen LogP) is 1.50. The first-order chi connectivity index (χ1) is 14.5. The molecule has 2 aromatic rings. The van der Waals surface area contributed by atoms with Crippen LogP contribution in [0.2, 0.25) is 0 Å². The summed E-state index contributed by atoms with van der Waals surface area (Å²) in [5.41, 5.74) is 1.72. The van der Waals surface area contributed by atoms with Crippen LogP contribution in [0.15, 0.2) is 31.1 Å². The molecule has 0 radical (unpaired) electrons. The maximum Gasteiger partial charge on any atom is 0.246 e. The molecule has 11 heteroatoms. The van der Waals surface area contributed by atoms with Crippen molar-refractivity contribution < 1.29 is 14.3 Å². The van der Waals surface area contributed by atoms with E-state index in [-0.39, 0.29) is 17.9 Å². The lowest BCUT2D eigenvalue weighted by atomic mass is 10.1. The molecule has 1 unspecified atom stereocenters. The fourth-order valence-corrected chi connectivity index (χ4v) is 4.15. The zero-order valence-corrected chi connectivity index (χ0v) is 17.8. The highest BCUT2D eigenvalue weighted by molar-refractivity contribution is 6.13. The van der Waals surface area contributed by atoms with Crippen LogP contribution in [-0.4, -0.2) is 74.2 Å². The second kappa shape index (κ2) is 8.76. The monoisotopic (exact) mass is 435 g/mol. The van der Waals surface area contributed by atoms with Gasteiger partial charge in [-0.15, -0.1) is 0 Å². The van der Waals surface area contributed by atoms with Gasteiger partial charge in [0.25, 0.3) is 0 Å². The molecule has 30 heavy (non-hydrogen) atoms. The van der Waals surface area contributed by atoms with E-state index in [1.54, 1.807) is 27.3 Å². The number of aryl methyl sites for hydroxylation is 1. The zero-order valence-electron chi connectivity index (χ0n) is 17.1. The van der Waals surface area contributed by atoms with Crippen LogP contribution in [0, 0.1) is 5.92 Å². The quantitative estimate of drug-likeness (QED) is 0.520. The van der Waals surface area contributed by atoms with Crippen molar-refractivity contribution in [3.63, 3.8) is 0 Å². The second-order valence-electron chi connectivity index (χ2n) is 7.50. The summed E-state index contributed by atoms with van der Waals surface area (Å²) in [4.78, 5) is 13.7. The highest BCUT2D eigenvalue weighted by atomic mass is 35.5. The van der Waals surface area contributed by atoms with Crippen molar-refractivity contribution >= 4 is 29.2 Å². The van der Waals surface area contributed by atoms with Crippen molar-refractivity contribution in [3.05, 3.63) is 36.8 Å². The van der Waals surface area contributed by atoms with Crippen molar-refractivity contribution in [1.29, 1.82) is 0 Å². The second-order valence-corrected chi connectivity index (χ2v) is 7.93. The van der Waals surface area contributed by atoms with Gasteiger partial charge in [-0.2, -0.15) is 14.6 Å². The summed E-state index contributed by atoms with van der Waals surface area (Å²) in [6.07, 6.45) is 4.41. The van der Waals surface area contributed by atoms with Crippen molar-refractivity contribution in [2.24, 2.45) is 13.0 Å². The lowest BCUT2D eigenvalue weighted by Gasteiger charge is -2.31. The maximum absolute atomic E-state index is 12.0. The first-order valence-corrected chi connectivity index (χ1v) is 10.1. The Balaban J connectivity index is 1.44. The van der Waals surface area contributed by atoms with Gasteiger partial charge in [0.1, 0.15) is 0 Å². The van der Waals surface area contributed by atoms with Gasteiger partial charge in [0.2, 0.25) is 5.91 Å². The highest BCUT2D eigenvalue weighted by Gasteiger charge is 2.37. The molecule has 0 bridgehead atoms. The molecular formula is C19H26ClN7O3. The number of rotatable bonds is 7. The topological polar surface area (TPSA) is 89.7 Å². The Labute approximate surface area is 180 Å². The molecular weight excluding hydrogens is 410 g/mol. The molecule has 1 amide bonds. The van der Waals surface area contributed by atoms with E-state index in [9.17, 15) is 4.79 Å². The summed E-state index contributed by atoms with van der Waals surface area (Å²) in [7, 11) is 3.51. The molecule has 4 heterocycles.